The van der Waals surface area contributed by atoms with Gasteiger partial charge in [-0.05, 0) is 18.2 Å². The zero-order valence-electron chi connectivity index (χ0n) is 11.7. The van der Waals surface area contributed by atoms with Gasteiger partial charge >= 0.3 is 0 Å². The largest absolute Gasteiger partial charge is 0.490 e. The van der Waals surface area contributed by atoms with E-state index < -0.39 is 0 Å². The van der Waals surface area contributed by atoms with Gasteiger partial charge in [-0.25, -0.2) is 0 Å². The molecule has 106 valence electrons. The Morgan fingerprint density at radius 1 is 1.10 bits per heavy atom. The van der Waals surface area contributed by atoms with Crippen LogP contribution in [0.25, 0.3) is 0 Å². The minimum Gasteiger partial charge on any atom is -0.490 e. The molecule has 2 aliphatic heterocycles. The fourth-order valence-corrected chi connectivity index (χ4v) is 2.36. The van der Waals surface area contributed by atoms with E-state index in [0.29, 0.717) is 6.61 Å². The lowest BCUT2D eigenvalue weighted by atomic mass is 10.2. The number of fused-ring (bicyclic) bond motifs is 1. The van der Waals surface area contributed by atoms with Gasteiger partial charge in [-0.3, -0.25) is 4.90 Å². The van der Waals surface area contributed by atoms with Gasteiger partial charge in [0, 0.05) is 38.2 Å². The van der Waals surface area contributed by atoms with Gasteiger partial charge in [-0.15, -0.1) is 0 Å². The van der Waals surface area contributed by atoms with Crippen LogP contribution in [-0.2, 0) is 0 Å². The molecule has 0 atom stereocenters. The van der Waals surface area contributed by atoms with Crippen LogP contribution in [-0.4, -0.2) is 50.8 Å². The Bertz CT molecular complexity index is 513. The van der Waals surface area contributed by atoms with E-state index in [-0.39, 0.29) is 0 Å². The van der Waals surface area contributed by atoms with E-state index in [1.165, 1.54) is 0 Å². The summed E-state index contributed by atoms with van der Waals surface area (Å²) in [5.41, 5.74) is 0.990. The smallest absolute Gasteiger partial charge is 0.162 e. The Kier molecular flexibility index (Phi) is 4.42. The number of nitrogens with zero attached hydrogens (tertiary/aromatic N) is 1. The lowest BCUT2D eigenvalue weighted by molar-refractivity contribution is 0.268. The number of rotatable bonds is 1. The lowest BCUT2D eigenvalue weighted by Gasteiger charge is -2.24. The van der Waals surface area contributed by atoms with E-state index >= 15 is 0 Å². The minimum atomic E-state index is 0.713. The highest BCUT2D eigenvalue weighted by Gasteiger charge is 2.10. The molecule has 3 rings (SSSR count). The molecule has 0 aliphatic carbocycles. The zero-order valence-corrected chi connectivity index (χ0v) is 11.7. The van der Waals surface area contributed by atoms with Crippen LogP contribution >= 0.6 is 0 Å². The maximum atomic E-state index is 5.67. The summed E-state index contributed by atoms with van der Waals surface area (Å²) in [7, 11) is 0. The Labute approximate surface area is 120 Å². The molecule has 1 aromatic carbocycles. The molecule has 1 saturated heterocycles. The monoisotopic (exact) mass is 272 g/mol. The molecule has 2 heterocycles. The van der Waals surface area contributed by atoms with Crippen molar-refractivity contribution < 1.29 is 9.47 Å². The first-order chi connectivity index (χ1) is 9.92. The summed E-state index contributed by atoms with van der Waals surface area (Å²) in [6.07, 6.45) is 0.929. The number of ether oxygens (including phenoxy) is 2. The van der Waals surface area contributed by atoms with E-state index in [2.05, 4.69) is 22.1 Å². The Morgan fingerprint density at radius 3 is 2.75 bits per heavy atom. The maximum Gasteiger partial charge on any atom is 0.162 e. The van der Waals surface area contributed by atoms with E-state index in [4.69, 9.17) is 9.47 Å². The lowest BCUT2D eigenvalue weighted by Crippen LogP contribution is -2.43. The number of hydrogen-bond donors (Lipinski definition) is 1. The van der Waals surface area contributed by atoms with Crippen LogP contribution in [0.1, 0.15) is 12.0 Å². The molecule has 2 aliphatic rings. The summed E-state index contributed by atoms with van der Waals surface area (Å²) >= 11 is 0. The summed E-state index contributed by atoms with van der Waals surface area (Å²) in [5.74, 6) is 8.11. The van der Waals surface area contributed by atoms with E-state index in [1.807, 2.05) is 18.2 Å². The fourth-order valence-electron chi connectivity index (χ4n) is 2.36. The highest BCUT2D eigenvalue weighted by Crippen LogP contribution is 2.30. The van der Waals surface area contributed by atoms with Gasteiger partial charge in [0.1, 0.15) is 0 Å². The van der Waals surface area contributed by atoms with Crippen molar-refractivity contribution in [2.45, 2.75) is 6.42 Å². The summed E-state index contributed by atoms with van der Waals surface area (Å²) in [6.45, 7) is 6.55. The second-order valence-corrected chi connectivity index (χ2v) is 5.04. The Morgan fingerprint density at radius 2 is 1.90 bits per heavy atom. The normalized spacial score (nSPS) is 18.8. The summed E-state index contributed by atoms with van der Waals surface area (Å²) in [4.78, 5) is 2.37. The zero-order chi connectivity index (χ0) is 13.6. The summed E-state index contributed by atoms with van der Waals surface area (Å²) < 4.78 is 11.3. The predicted octanol–water partition coefficient (Wildman–Crippen LogP) is 1.10. The van der Waals surface area contributed by atoms with Crippen LogP contribution < -0.4 is 14.8 Å². The quantitative estimate of drug-likeness (QED) is 0.776. The molecule has 4 heteroatoms. The van der Waals surface area contributed by atoms with Crippen LogP contribution in [0, 0.1) is 11.8 Å². The van der Waals surface area contributed by atoms with Gasteiger partial charge in [0.2, 0.25) is 0 Å². The molecule has 0 saturated carbocycles. The van der Waals surface area contributed by atoms with Crippen molar-refractivity contribution in [2.24, 2.45) is 0 Å². The van der Waals surface area contributed by atoms with Crippen LogP contribution in [0.3, 0.4) is 0 Å². The standard InChI is InChI=1S/C16H20N2O2/c1(8-18-9-6-17-7-10-18)3-14-4-5-15-16(13-14)20-12-2-11-19-15/h4-5,13,17H,2,6-12H2. The molecule has 0 unspecified atom stereocenters. The Balaban J connectivity index is 1.64. The molecule has 1 aromatic rings. The van der Waals surface area contributed by atoms with Crippen molar-refractivity contribution >= 4 is 0 Å². The van der Waals surface area contributed by atoms with Crippen molar-refractivity contribution in [1.29, 1.82) is 0 Å². The van der Waals surface area contributed by atoms with Crippen LogP contribution in [0.15, 0.2) is 18.2 Å². The molecular formula is C16H20N2O2. The van der Waals surface area contributed by atoms with Gasteiger partial charge in [0.15, 0.2) is 11.5 Å². The van der Waals surface area contributed by atoms with Crippen LogP contribution in [0.4, 0.5) is 0 Å². The third-order valence-corrected chi connectivity index (χ3v) is 3.49. The molecule has 0 radical (unpaired) electrons. The first-order valence-electron chi connectivity index (χ1n) is 7.23. The first kappa shape index (κ1) is 13.3. The molecule has 0 aromatic heterocycles. The molecular weight excluding hydrogens is 252 g/mol. The average molecular weight is 272 g/mol. The van der Waals surface area contributed by atoms with Crippen molar-refractivity contribution in [3.63, 3.8) is 0 Å². The number of hydrogen-bond acceptors (Lipinski definition) is 4. The average Bonchev–Trinajstić information content (AvgIpc) is 2.73. The first-order valence-corrected chi connectivity index (χ1v) is 7.23. The number of nitrogens with one attached hydrogen (secondary N) is 1. The minimum absolute atomic E-state index is 0.713. The van der Waals surface area contributed by atoms with Gasteiger partial charge in [0.25, 0.3) is 0 Å². The highest BCUT2D eigenvalue weighted by atomic mass is 16.5. The Hall–Kier alpha value is -1.70. The predicted molar refractivity (Wildman–Crippen MR) is 78.2 cm³/mol. The topological polar surface area (TPSA) is 33.7 Å². The fraction of sp³-hybridized carbons (Fsp3) is 0.500. The van der Waals surface area contributed by atoms with Gasteiger partial charge in [-0.1, -0.05) is 11.8 Å². The van der Waals surface area contributed by atoms with Crippen molar-refractivity contribution in [3.8, 4) is 23.3 Å². The SMILES string of the molecule is C(#Cc1ccc2c(c1)OCCCO2)CN1CCNCC1. The second kappa shape index (κ2) is 6.65. The second-order valence-electron chi connectivity index (χ2n) is 5.04. The van der Waals surface area contributed by atoms with E-state index in [0.717, 1.165) is 62.8 Å². The number of benzene rings is 1. The van der Waals surface area contributed by atoms with E-state index in [1.54, 1.807) is 0 Å². The molecule has 0 spiro atoms. The van der Waals surface area contributed by atoms with Crippen molar-refractivity contribution in [3.05, 3.63) is 23.8 Å². The van der Waals surface area contributed by atoms with E-state index in [9.17, 15) is 0 Å². The van der Waals surface area contributed by atoms with Gasteiger partial charge in [0.05, 0.1) is 19.8 Å². The highest BCUT2D eigenvalue weighted by molar-refractivity contribution is 5.48. The molecule has 0 bridgehead atoms. The van der Waals surface area contributed by atoms with Gasteiger partial charge < -0.3 is 14.8 Å². The number of piperazine rings is 1. The molecule has 1 fully saturated rings. The molecule has 20 heavy (non-hydrogen) atoms. The van der Waals surface area contributed by atoms with Crippen LogP contribution in [0.5, 0.6) is 11.5 Å². The third-order valence-electron chi connectivity index (χ3n) is 3.49. The molecule has 1 N–H and O–H groups in total. The summed E-state index contributed by atoms with van der Waals surface area (Å²) in [6, 6.07) is 5.93. The van der Waals surface area contributed by atoms with Gasteiger partial charge in [-0.2, -0.15) is 0 Å². The third kappa shape index (κ3) is 3.44. The van der Waals surface area contributed by atoms with Crippen molar-refractivity contribution in [2.75, 3.05) is 45.9 Å². The summed E-state index contributed by atoms with van der Waals surface area (Å²) in [5, 5.41) is 3.34. The van der Waals surface area contributed by atoms with Crippen molar-refractivity contribution in [1.82, 2.24) is 10.2 Å². The van der Waals surface area contributed by atoms with Crippen LogP contribution in [0.2, 0.25) is 0 Å². The maximum absolute atomic E-state index is 5.67. The molecule has 0 amide bonds. The molecule has 4 nitrogen and oxygen atoms in total.